The van der Waals surface area contributed by atoms with E-state index in [-0.39, 0.29) is 23.5 Å². The summed E-state index contributed by atoms with van der Waals surface area (Å²) in [5.74, 6) is -0.159. The first-order valence-corrected chi connectivity index (χ1v) is 9.19. The SMILES string of the molecule is CN1CCCN(C(=O)[C@@H]2CCCN2C(=O)C2CC2)c2cc(F)ccc21. The highest BCUT2D eigenvalue weighted by Gasteiger charge is 2.42. The molecule has 4 rings (SSSR count). The molecule has 6 heteroatoms. The normalized spacial score (nSPS) is 23.4. The lowest BCUT2D eigenvalue weighted by molar-refractivity contribution is -0.138. The predicted octanol–water partition coefficient (Wildman–Crippen LogP) is 2.40. The van der Waals surface area contributed by atoms with Crippen molar-refractivity contribution < 1.29 is 14.0 Å². The van der Waals surface area contributed by atoms with Crippen LogP contribution in [-0.4, -0.2) is 49.4 Å². The molecule has 5 nitrogen and oxygen atoms in total. The van der Waals surface area contributed by atoms with Crippen LogP contribution in [-0.2, 0) is 9.59 Å². The monoisotopic (exact) mass is 345 g/mol. The van der Waals surface area contributed by atoms with E-state index in [1.54, 1.807) is 15.9 Å². The number of carbonyl (C=O) groups is 2. The second-order valence-electron chi connectivity index (χ2n) is 7.36. The van der Waals surface area contributed by atoms with Crippen molar-refractivity contribution in [1.82, 2.24) is 4.90 Å². The van der Waals surface area contributed by atoms with Crippen LogP contribution in [0.1, 0.15) is 32.1 Å². The first-order chi connectivity index (χ1) is 12.1. The number of hydrogen-bond donors (Lipinski definition) is 0. The van der Waals surface area contributed by atoms with Gasteiger partial charge in [0.1, 0.15) is 11.9 Å². The van der Waals surface area contributed by atoms with E-state index in [4.69, 9.17) is 0 Å². The zero-order valence-corrected chi connectivity index (χ0v) is 14.6. The van der Waals surface area contributed by atoms with Gasteiger partial charge in [0, 0.05) is 32.6 Å². The van der Waals surface area contributed by atoms with Crippen molar-refractivity contribution >= 4 is 23.2 Å². The van der Waals surface area contributed by atoms with Gasteiger partial charge in [-0.3, -0.25) is 9.59 Å². The van der Waals surface area contributed by atoms with Gasteiger partial charge in [-0.1, -0.05) is 0 Å². The third-order valence-corrected chi connectivity index (χ3v) is 5.53. The van der Waals surface area contributed by atoms with Crippen LogP contribution in [0, 0.1) is 11.7 Å². The summed E-state index contributed by atoms with van der Waals surface area (Å²) in [4.78, 5) is 31.3. The van der Waals surface area contributed by atoms with Crippen molar-refractivity contribution in [3.63, 3.8) is 0 Å². The number of carbonyl (C=O) groups excluding carboxylic acids is 2. The van der Waals surface area contributed by atoms with Crippen LogP contribution in [0.25, 0.3) is 0 Å². The van der Waals surface area contributed by atoms with Crippen LogP contribution in [0.15, 0.2) is 18.2 Å². The fourth-order valence-electron chi connectivity index (χ4n) is 4.00. The van der Waals surface area contributed by atoms with E-state index in [9.17, 15) is 14.0 Å². The van der Waals surface area contributed by atoms with Gasteiger partial charge < -0.3 is 14.7 Å². The van der Waals surface area contributed by atoms with Gasteiger partial charge in [0.25, 0.3) is 0 Å². The minimum Gasteiger partial charge on any atom is -0.373 e. The van der Waals surface area contributed by atoms with Gasteiger partial charge >= 0.3 is 0 Å². The fourth-order valence-corrected chi connectivity index (χ4v) is 4.00. The number of rotatable bonds is 2. The van der Waals surface area contributed by atoms with Gasteiger partial charge in [-0.2, -0.15) is 0 Å². The minimum absolute atomic E-state index is 0.0614. The molecule has 1 aromatic rings. The van der Waals surface area contributed by atoms with Crippen LogP contribution >= 0.6 is 0 Å². The molecule has 0 N–H and O–H groups in total. The first kappa shape index (κ1) is 16.4. The Labute approximate surface area is 147 Å². The van der Waals surface area contributed by atoms with Crippen LogP contribution in [0.3, 0.4) is 0 Å². The Bertz CT molecular complexity index is 704. The second kappa shape index (κ2) is 6.32. The predicted molar refractivity (Wildman–Crippen MR) is 94.1 cm³/mol. The summed E-state index contributed by atoms with van der Waals surface area (Å²) < 4.78 is 13.9. The van der Waals surface area contributed by atoms with E-state index in [2.05, 4.69) is 4.90 Å². The number of anilines is 2. The molecule has 0 aromatic heterocycles. The van der Waals surface area contributed by atoms with Gasteiger partial charge in [0.05, 0.1) is 11.4 Å². The largest absolute Gasteiger partial charge is 0.373 e. The Morgan fingerprint density at radius 3 is 2.56 bits per heavy atom. The van der Waals surface area contributed by atoms with E-state index >= 15 is 0 Å². The summed E-state index contributed by atoms with van der Waals surface area (Å²) in [6.07, 6.45) is 4.27. The van der Waals surface area contributed by atoms with Crippen molar-refractivity contribution in [2.45, 2.75) is 38.1 Å². The molecule has 0 spiro atoms. The highest BCUT2D eigenvalue weighted by atomic mass is 19.1. The Kier molecular flexibility index (Phi) is 4.13. The molecule has 1 aliphatic carbocycles. The number of halogens is 1. The Morgan fingerprint density at radius 2 is 1.80 bits per heavy atom. The Morgan fingerprint density at radius 1 is 1.00 bits per heavy atom. The fraction of sp³-hybridized carbons (Fsp3) is 0.579. The molecule has 1 atom stereocenters. The molecule has 2 fully saturated rings. The minimum atomic E-state index is -0.396. The maximum atomic E-state index is 13.9. The zero-order valence-electron chi connectivity index (χ0n) is 14.6. The van der Waals surface area contributed by atoms with E-state index in [0.29, 0.717) is 25.2 Å². The third kappa shape index (κ3) is 2.98. The zero-order chi connectivity index (χ0) is 17.6. The molecule has 25 heavy (non-hydrogen) atoms. The summed E-state index contributed by atoms with van der Waals surface area (Å²) in [5.41, 5.74) is 1.49. The van der Waals surface area contributed by atoms with Crippen molar-refractivity contribution in [3.05, 3.63) is 24.0 Å². The summed E-state index contributed by atoms with van der Waals surface area (Å²) in [6.45, 7) is 2.04. The molecule has 1 saturated carbocycles. The lowest BCUT2D eigenvalue weighted by atomic mass is 10.1. The highest BCUT2D eigenvalue weighted by molar-refractivity contribution is 6.02. The van der Waals surface area contributed by atoms with Crippen molar-refractivity contribution in [1.29, 1.82) is 0 Å². The number of benzene rings is 1. The molecule has 2 aliphatic heterocycles. The molecule has 2 amide bonds. The highest BCUT2D eigenvalue weighted by Crippen LogP contribution is 2.36. The molecule has 1 saturated heterocycles. The van der Waals surface area contributed by atoms with Crippen LogP contribution < -0.4 is 9.80 Å². The summed E-state index contributed by atoms with van der Waals surface area (Å²) >= 11 is 0. The third-order valence-electron chi connectivity index (χ3n) is 5.53. The van der Waals surface area contributed by atoms with E-state index < -0.39 is 6.04 Å². The van der Waals surface area contributed by atoms with Gasteiger partial charge in [-0.25, -0.2) is 4.39 Å². The molecule has 0 radical (unpaired) electrons. The molecular formula is C19H24FN3O2. The smallest absolute Gasteiger partial charge is 0.249 e. The lowest BCUT2D eigenvalue weighted by Gasteiger charge is -2.31. The van der Waals surface area contributed by atoms with E-state index in [1.807, 2.05) is 7.05 Å². The first-order valence-electron chi connectivity index (χ1n) is 9.19. The summed E-state index contributed by atoms with van der Waals surface area (Å²) in [7, 11) is 1.96. The van der Waals surface area contributed by atoms with Gasteiger partial charge in [0.2, 0.25) is 11.8 Å². The van der Waals surface area contributed by atoms with Crippen LogP contribution in [0.2, 0.25) is 0 Å². The lowest BCUT2D eigenvalue weighted by Crippen LogP contribution is -2.48. The quantitative estimate of drug-likeness (QED) is 0.827. The number of hydrogen-bond acceptors (Lipinski definition) is 3. The summed E-state index contributed by atoms with van der Waals surface area (Å²) in [5, 5.41) is 0. The average molecular weight is 345 g/mol. The molecule has 0 unspecified atom stereocenters. The molecule has 2 heterocycles. The van der Waals surface area contributed by atoms with Crippen molar-refractivity contribution in [2.24, 2.45) is 5.92 Å². The van der Waals surface area contributed by atoms with E-state index in [1.165, 1.54) is 12.1 Å². The number of nitrogens with zero attached hydrogens (tertiary/aromatic N) is 3. The average Bonchev–Trinajstić information content (AvgIpc) is 3.35. The molecule has 134 valence electrons. The molecular weight excluding hydrogens is 321 g/mol. The van der Waals surface area contributed by atoms with Gasteiger partial charge in [0.15, 0.2) is 0 Å². The topological polar surface area (TPSA) is 43.9 Å². The maximum Gasteiger partial charge on any atom is 0.249 e. The number of amides is 2. The van der Waals surface area contributed by atoms with Gasteiger partial charge in [-0.05, 0) is 50.3 Å². The van der Waals surface area contributed by atoms with Crippen LogP contribution in [0.5, 0.6) is 0 Å². The van der Waals surface area contributed by atoms with Crippen molar-refractivity contribution in [2.75, 3.05) is 36.5 Å². The Hall–Kier alpha value is -2.11. The number of fused-ring (bicyclic) bond motifs is 1. The molecule has 1 aromatic carbocycles. The van der Waals surface area contributed by atoms with E-state index in [0.717, 1.165) is 37.9 Å². The van der Waals surface area contributed by atoms with Crippen LogP contribution in [0.4, 0.5) is 15.8 Å². The standard InChI is InChI=1S/C19H24FN3O2/c1-21-9-3-11-23(17-12-14(20)7-8-15(17)21)19(25)16-4-2-10-22(16)18(24)13-5-6-13/h7-8,12-13,16H,2-6,9-11H2,1H3/t16-/m0/s1. The van der Waals surface area contributed by atoms with Crippen molar-refractivity contribution in [3.8, 4) is 0 Å². The molecule has 3 aliphatic rings. The second-order valence-corrected chi connectivity index (χ2v) is 7.36. The Balaban J connectivity index is 1.64. The maximum absolute atomic E-state index is 13.9. The molecule has 0 bridgehead atoms. The number of likely N-dealkylation sites (tertiary alicyclic amines) is 1. The van der Waals surface area contributed by atoms with Gasteiger partial charge in [-0.15, -0.1) is 0 Å². The summed E-state index contributed by atoms with van der Waals surface area (Å²) in [6, 6.07) is 4.21.